The largest absolute Gasteiger partial charge is 0.497 e. The van der Waals surface area contributed by atoms with E-state index in [1.54, 1.807) is 35.2 Å². The van der Waals surface area contributed by atoms with Crippen LogP contribution in [0.5, 0.6) is 17.2 Å². The zero-order valence-corrected chi connectivity index (χ0v) is 18.7. The summed E-state index contributed by atoms with van der Waals surface area (Å²) in [6.45, 7) is 0.967. The Morgan fingerprint density at radius 2 is 1.71 bits per heavy atom. The molecule has 8 nitrogen and oxygen atoms in total. The third-order valence-corrected chi connectivity index (χ3v) is 6.19. The van der Waals surface area contributed by atoms with Crippen molar-refractivity contribution >= 4 is 16.0 Å². The van der Waals surface area contributed by atoms with Gasteiger partial charge < -0.3 is 23.3 Å². The minimum absolute atomic E-state index is 0.00190. The van der Waals surface area contributed by atoms with Gasteiger partial charge in [0.25, 0.3) is 0 Å². The molecule has 3 rings (SSSR count). The summed E-state index contributed by atoms with van der Waals surface area (Å²) in [5.74, 6) is 1.26. The summed E-state index contributed by atoms with van der Waals surface area (Å²) in [5.41, 5.74) is 0.728. The first-order valence-corrected chi connectivity index (χ1v) is 11.3. The van der Waals surface area contributed by atoms with Crippen molar-refractivity contribution in [3.05, 3.63) is 48.0 Å². The summed E-state index contributed by atoms with van der Waals surface area (Å²) in [6.07, 6.45) is 2.21. The smallest absolute Gasteiger partial charge is 0.339 e. The van der Waals surface area contributed by atoms with Gasteiger partial charge in [0, 0.05) is 20.2 Å². The molecule has 2 aromatic carbocycles. The molecule has 0 aromatic heterocycles. The lowest BCUT2D eigenvalue weighted by Crippen LogP contribution is -2.35. The second kappa shape index (κ2) is 10.0. The first kappa shape index (κ1) is 22.9. The Morgan fingerprint density at radius 1 is 1.00 bits per heavy atom. The fourth-order valence-corrected chi connectivity index (χ4v) is 4.03. The van der Waals surface area contributed by atoms with Crippen LogP contribution in [0.1, 0.15) is 18.4 Å². The van der Waals surface area contributed by atoms with Crippen molar-refractivity contribution in [3.8, 4) is 17.2 Å². The monoisotopic (exact) mass is 449 g/mol. The average Bonchev–Trinajstić information content (AvgIpc) is 3.57. The Bertz CT molecular complexity index is 1000. The van der Waals surface area contributed by atoms with Crippen molar-refractivity contribution in [3.63, 3.8) is 0 Å². The van der Waals surface area contributed by atoms with Gasteiger partial charge in [-0.3, -0.25) is 4.79 Å². The van der Waals surface area contributed by atoms with Crippen LogP contribution in [-0.2, 0) is 26.2 Å². The summed E-state index contributed by atoms with van der Waals surface area (Å²) in [5, 5.41) is 0. The van der Waals surface area contributed by atoms with Gasteiger partial charge in [-0.1, -0.05) is 6.07 Å². The maximum Gasteiger partial charge on any atom is 0.339 e. The number of hydrogen-bond donors (Lipinski definition) is 0. The van der Waals surface area contributed by atoms with Gasteiger partial charge in [0.15, 0.2) is 11.5 Å². The van der Waals surface area contributed by atoms with E-state index in [0.717, 1.165) is 18.4 Å². The van der Waals surface area contributed by atoms with Gasteiger partial charge in [-0.05, 0) is 60.7 Å². The Kier molecular flexibility index (Phi) is 7.40. The lowest BCUT2D eigenvalue weighted by atomic mass is 10.1. The Labute approximate surface area is 182 Å². The molecule has 2 aromatic rings. The Morgan fingerprint density at radius 3 is 2.29 bits per heavy atom. The molecule has 1 aliphatic carbocycles. The van der Waals surface area contributed by atoms with E-state index in [0.29, 0.717) is 24.8 Å². The number of rotatable bonds is 11. The van der Waals surface area contributed by atoms with Crippen molar-refractivity contribution in [2.24, 2.45) is 5.92 Å². The lowest BCUT2D eigenvalue weighted by molar-refractivity contribution is -0.136. The predicted molar refractivity (Wildman–Crippen MR) is 114 cm³/mol. The first-order chi connectivity index (χ1) is 14.9. The molecule has 0 saturated heterocycles. The van der Waals surface area contributed by atoms with E-state index in [4.69, 9.17) is 18.4 Å². The molecule has 0 unspecified atom stereocenters. The molecular weight excluding hydrogens is 422 g/mol. The highest BCUT2D eigenvalue weighted by Gasteiger charge is 2.27. The Balaban J connectivity index is 1.82. The number of amides is 1. The van der Waals surface area contributed by atoms with Crippen LogP contribution in [-0.4, -0.2) is 53.7 Å². The Hall–Kier alpha value is -2.78. The van der Waals surface area contributed by atoms with Crippen LogP contribution < -0.4 is 13.7 Å². The SMILES string of the molecule is COCC(=O)N(Cc1ccc(OC)c(OS(=O)(=O)c2ccc(OC)cc2)c1)CC1CC1. The van der Waals surface area contributed by atoms with Crippen LogP contribution in [0.2, 0.25) is 0 Å². The number of hydrogen-bond acceptors (Lipinski definition) is 7. The summed E-state index contributed by atoms with van der Waals surface area (Å²) in [6, 6.07) is 10.9. The fourth-order valence-electron chi connectivity index (χ4n) is 3.10. The van der Waals surface area contributed by atoms with E-state index in [9.17, 15) is 13.2 Å². The van der Waals surface area contributed by atoms with Gasteiger partial charge in [0.05, 0.1) is 14.2 Å². The maximum atomic E-state index is 12.8. The van der Waals surface area contributed by atoms with E-state index in [-0.39, 0.29) is 28.9 Å². The molecule has 168 valence electrons. The molecule has 0 radical (unpaired) electrons. The molecule has 1 aliphatic rings. The van der Waals surface area contributed by atoms with Crippen molar-refractivity contribution in [1.29, 1.82) is 0 Å². The molecule has 9 heteroatoms. The van der Waals surface area contributed by atoms with Gasteiger partial charge in [-0.2, -0.15) is 8.42 Å². The molecule has 1 fully saturated rings. The first-order valence-electron chi connectivity index (χ1n) is 9.88. The number of nitrogens with zero attached hydrogens (tertiary/aromatic N) is 1. The van der Waals surface area contributed by atoms with Crippen molar-refractivity contribution in [1.82, 2.24) is 4.90 Å². The molecule has 0 aliphatic heterocycles. The minimum Gasteiger partial charge on any atom is -0.497 e. The molecule has 0 spiro atoms. The standard InChI is InChI=1S/C22H27NO7S/c1-27-15-22(24)23(13-16-4-5-16)14-17-6-11-20(29-3)21(12-17)30-31(25,26)19-9-7-18(28-2)8-10-19/h6-12,16H,4-5,13-15H2,1-3H3. The molecule has 31 heavy (non-hydrogen) atoms. The van der Waals surface area contributed by atoms with Crippen LogP contribution in [0.25, 0.3) is 0 Å². The molecular formula is C22H27NO7S. The van der Waals surface area contributed by atoms with Crippen molar-refractivity contribution < 1.29 is 31.6 Å². The predicted octanol–water partition coefficient (Wildman–Crippen LogP) is 2.86. The zero-order valence-electron chi connectivity index (χ0n) is 17.9. The van der Waals surface area contributed by atoms with Gasteiger partial charge in [0.1, 0.15) is 17.3 Å². The summed E-state index contributed by atoms with van der Waals surface area (Å²) in [4.78, 5) is 14.1. The third-order valence-electron chi connectivity index (χ3n) is 4.95. The quantitative estimate of drug-likeness (QED) is 0.487. The number of methoxy groups -OCH3 is 3. The van der Waals surface area contributed by atoms with Crippen LogP contribution >= 0.6 is 0 Å². The zero-order chi connectivity index (χ0) is 22.4. The lowest BCUT2D eigenvalue weighted by Gasteiger charge is -2.23. The second-order valence-electron chi connectivity index (χ2n) is 7.35. The van der Waals surface area contributed by atoms with Gasteiger partial charge in [-0.25, -0.2) is 0 Å². The molecule has 1 saturated carbocycles. The van der Waals surface area contributed by atoms with Crippen LogP contribution in [0.15, 0.2) is 47.4 Å². The van der Waals surface area contributed by atoms with Crippen molar-refractivity contribution in [2.45, 2.75) is 24.3 Å². The second-order valence-corrected chi connectivity index (χ2v) is 8.90. The average molecular weight is 450 g/mol. The molecule has 0 N–H and O–H groups in total. The highest BCUT2D eigenvalue weighted by atomic mass is 32.2. The van der Waals surface area contributed by atoms with E-state index < -0.39 is 10.1 Å². The third kappa shape index (κ3) is 6.11. The fraction of sp³-hybridized carbons (Fsp3) is 0.409. The topological polar surface area (TPSA) is 91.4 Å². The van der Waals surface area contributed by atoms with E-state index in [1.807, 2.05) is 0 Å². The summed E-state index contributed by atoms with van der Waals surface area (Å²) < 4.78 is 46.2. The van der Waals surface area contributed by atoms with E-state index >= 15 is 0 Å². The normalized spacial score (nSPS) is 13.5. The van der Waals surface area contributed by atoms with Gasteiger partial charge >= 0.3 is 10.1 Å². The molecule has 0 bridgehead atoms. The van der Waals surface area contributed by atoms with E-state index in [1.165, 1.54) is 33.5 Å². The minimum atomic E-state index is -4.09. The molecule has 0 heterocycles. The van der Waals surface area contributed by atoms with Crippen LogP contribution in [0.4, 0.5) is 0 Å². The number of carbonyl (C=O) groups excluding carboxylic acids is 1. The molecule has 0 atom stereocenters. The molecule has 1 amide bonds. The highest BCUT2D eigenvalue weighted by Crippen LogP contribution is 2.33. The number of carbonyl (C=O) groups is 1. The maximum absolute atomic E-state index is 12.8. The van der Waals surface area contributed by atoms with Crippen LogP contribution in [0.3, 0.4) is 0 Å². The van der Waals surface area contributed by atoms with Gasteiger partial charge in [-0.15, -0.1) is 0 Å². The number of ether oxygens (including phenoxy) is 3. The van der Waals surface area contributed by atoms with E-state index in [2.05, 4.69) is 0 Å². The highest BCUT2D eigenvalue weighted by molar-refractivity contribution is 7.87. The van der Waals surface area contributed by atoms with Crippen molar-refractivity contribution in [2.75, 3.05) is 34.5 Å². The van der Waals surface area contributed by atoms with Crippen LogP contribution in [0, 0.1) is 5.92 Å². The van der Waals surface area contributed by atoms with Gasteiger partial charge in [0.2, 0.25) is 5.91 Å². The summed E-state index contributed by atoms with van der Waals surface area (Å²) >= 11 is 0. The number of benzene rings is 2. The summed E-state index contributed by atoms with van der Waals surface area (Å²) in [7, 11) is 0.331.